The van der Waals surface area contributed by atoms with E-state index in [1.54, 1.807) is 6.07 Å². The molecule has 0 saturated heterocycles. The first-order valence-corrected chi connectivity index (χ1v) is 11.9. The van der Waals surface area contributed by atoms with Gasteiger partial charge in [0.25, 0.3) is 0 Å². The van der Waals surface area contributed by atoms with Gasteiger partial charge in [-0.05, 0) is 43.7 Å². The maximum atomic E-state index is 11.6. The van der Waals surface area contributed by atoms with Crippen LogP contribution in [0.4, 0.5) is 0 Å². The maximum absolute atomic E-state index is 11.6. The molecule has 3 aromatic carbocycles. The summed E-state index contributed by atoms with van der Waals surface area (Å²) >= 11 is 7.57. The van der Waals surface area contributed by atoms with Crippen molar-refractivity contribution in [2.75, 3.05) is 6.54 Å². The normalized spacial score (nSPS) is 11.9. The molecule has 0 saturated carbocycles. The van der Waals surface area contributed by atoms with E-state index in [0.29, 0.717) is 27.3 Å². The number of nitro groups is 1. The number of rotatable bonds is 9. The van der Waals surface area contributed by atoms with Crippen LogP contribution in [0.2, 0.25) is 5.02 Å². The molecule has 0 fully saturated rings. The molecule has 0 N–H and O–H groups in total. The van der Waals surface area contributed by atoms with Gasteiger partial charge >= 0.3 is 0 Å². The Morgan fingerprint density at radius 1 is 1.06 bits per heavy atom. The summed E-state index contributed by atoms with van der Waals surface area (Å²) in [5, 5.41) is 20.8. The standard InChI is InChI=1S/C25H23ClN4O3S/c1-17-8-7-10-20(14-17)30-18(2)27-28-25(30)34-24(15-29(31)32)21-11-4-6-13-23(21)33-16-19-9-3-5-12-22(19)26/h3-14,24H,15-16H2,1-2H3/t24-/m1/s1. The fourth-order valence-electron chi connectivity index (χ4n) is 3.59. The lowest BCUT2D eigenvalue weighted by Gasteiger charge is -2.18. The lowest BCUT2D eigenvalue weighted by Crippen LogP contribution is -2.12. The molecule has 0 bridgehead atoms. The molecule has 34 heavy (non-hydrogen) atoms. The molecule has 4 aromatic rings. The molecule has 1 aromatic heterocycles. The predicted octanol–water partition coefficient (Wildman–Crippen LogP) is 6.23. The van der Waals surface area contributed by atoms with Crippen LogP contribution in [0.15, 0.2) is 78.0 Å². The van der Waals surface area contributed by atoms with Crippen LogP contribution in [0.25, 0.3) is 5.69 Å². The molecular weight excluding hydrogens is 472 g/mol. The molecule has 4 rings (SSSR count). The van der Waals surface area contributed by atoms with Crippen molar-refractivity contribution in [3.8, 4) is 11.4 Å². The van der Waals surface area contributed by atoms with Crippen molar-refractivity contribution in [2.45, 2.75) is 30.9 Å². The molecule has 0 aliphatic heterocycles. The number of para-hydroxylation sites is 1. The van der Waals surface area contributed by atoms with Crippen molar-refractivity contribution in [2.24, 2.45) is 0 Å². The van der Waals surface area contributed by atoms with Gasteiger partial charge in [0, 0.05) is 26.8 Å². The summed E-state index contributed by atoms with van der Waals surface area (Å²) in [6.45, 7) is 3.84. The van der Waals surface area contributed by atoms with Crippen LogP contribution in [-0.4, -0.2) is 26.2 Å². The molecule has 1 atom stereocenters. The highest BCUT2D eigenvalue weighted by molar-refractivity contribution is 7.99. The third kappa shape index (κ3) is 5.58. The number of aromatic nitrogens is 3. The zero-order valence-electron chi connectivity index (χ0n) is 18.7. The lowest BCUT2D eigenvalue weighted by molar-refractivity contribution is -0.479. The van der Waals surface area contributed by atoms with Crippen LogP contribution >= 0.6 is 23.4 Å². The van der Waals surface area contributed by atoms with Crippen LogP contribution in [0, 0.1) is 24.0 Å². The number of hydrogen-bond acceptors (Lipinski definition) is 6. The number of thioether (sulfide) groups is 1. The predicted molar refractivity (Wildman–Crippen MR) is 134 cm³/mol. The van der Waals surface area contributed by atoms with Gasteiger partial charge in [-0.3, -0.25) is 14.7 Å². The van der Waals surface area contributed by atoms with Crippen molar-refractivity contribution in [1.82, 2.24) is 14.8 Å². The highest BCUT2D eigenvalue weighted by atomic mass is 35.5. The minimum absolute atomic E-state index is 0.255. The summed E-state index contributed by atoms with van der Waals surface area (Å²) in [5.74, 6) is 1.27. The van der Waals surface area contributed by atoms with E-state index in [4.69, 9.17) is 16.3 Å². The summed E-state index contributed by atoms with van der Waals surface area (Å²) in [6, 6.07) is 22.8. The van der Waals surface area contributed by atoms with Gasteiger partial charge < -0.3 is 4.74 Å². The second kappa shape index (κ2) is 10.7. The smallest absolute Gasteiger partial charge is 0.220 e. The Morgan fingerprint density at radius 2 is 1.82 bits per heavy atom. The van der Waals surface area contributed by atoms with Crippen LogP contribution in [0.5, 0.6) is 5.75 Å². The highest BCUT2D eigenvalue weighted by Gasteiger charge is 2.26. The van der Waals surface area contributed by atoms with Gasteiger partial charge in [0.15, 0.2) is 5.16 Å². The summed E-state index contributed by atoms with van der Waals surface area (Å²) < 4.78 is 7.99. The number of aryl methyl sites for hydroxylation is 2. The first-order chi connectivity index (χ1) is 16.4. The topological polar surface area (TPSA) is 83.1 Å². The van der Waals surface area contributed by atoms with Crippen LogP contribution in [0.1, 0.15) is 27.8 Å². The van der Waals surface area contributed by atoms with Gasteiger partial charge in [0.2, 0.25) is 6.54 Å². The number of benzene rings is 3. The Balaban J connectivity index is 1.66. The fourth-order valence-corrected chi connectivity index (χ4v) is 4.99. The molecule has 0 spiro atoms. The maximum Gasteiger partial charge on any atom is 0.220 e. The zero-order valence-corrected chi connectivity index (χ0v) is 20.3. The van der Waals surface area contributed by atoms with Gasteiger partial charge in [0.05, 0.1) is 0 Å². The Bertz CT molecular complexity index is 1310. The van der Waals surface area contributed by atoms with E-state index in [-0.39, 0.29) is 18.1 Å². The van der Waals surface area contributed by atoms with Crippen molar-refractivity contribution < 1.29 is 9.66 Å². The zero-order chi connectivity index (χ0) is 24.1. The Hall–Kier alpha value is -3.36. The number of halogens is 1. The molecule has 0 unspecified atom stereocenters. The van der Waals surface area contributed by atoms with Crippen molar-refractivity contribution in [1.29, 1.82) is 0 Å². The molecule has 7 nitrogen and oxygen atoms in total. The first kappa shape index (κ1) is 23.8. The molecule has 0 amide bonds. The third-order valence-electron chi connectivity index (χ3n) is 5.22. The number of hydrogen-bond donors (Lipinski definition) is 0. The second-order valence-corrected chi connectivity index (χ2v) is 9.32. The second-order valence-electron chi connectivity index (χ2n) is 7.74. The summed E-state index contributed by atoms with van der Waals surface area (Å²) in [7, 11) is 0. The van der Waals surface area contributed by atoms with E-state index in [1.165, 1.54) is 11.8 Å². The van der Waals surface area contributed by atoms with Crippen LogP contribution < -0.4 is 4.74 Å². The summed E-state index contributed by atoms with van der Waals surface area (Å²) in [4.78, 5) is 11.3. The fraction of sp³-hybridized carbons (Fsp3) is 0.200. The van der Waals surface area contributed by atoms with Crippen molar-refractivity contribution in [3.05, 3.63) is 110 Å². The molecule has 0 radical (unpaired) electrons. The first-order valence-electron chi connectivity index (χ1n) is 10.6. The van der Waals surface area contributed by atoms with E-state index in [9.17, 15) is 10.1 Å². The Kier molecular flexibility index (Phi) is 7.49. The van der Waals surface area contributed by atoms with E-state index in [0.717, 1.165) is 16.8 Å². The molecule has 0 aliphatic rings. The van der Waals surface area contributed by atoms with Gasteiger partial charge in [-0.1, -0.05) is 71.9 Å². The largest absolute Gasteiger partial charge is 0.489 e. The number of ether oxygens (including phenoxy) is 1. The Labute approximate surface area is 206 Å². The molecule has 1 heterocycles. The quantitative estimate of drug-likeness (QED) is 0.156. The Morgan fingerprint density at radius 3 is 2.59 bits per heavy atom. The summed E-state index contributed by atoms with van der Waals surface area (Å²) in [6.07, 6.45) is 0. The minimum Gasteiger partial charge on any atom is -0.489 e. The van der Waals surface area contributed by atoms with Crippen molar-refractivity contribution in [3.63, 3.8) is 0 Å². The van der Waals surface area contributed by atoms with Gasteiger partial charge in [0.1, 0.15) is 23.4 Å². The van der Waals surface area contributed by atoms with E-state index in [1.807, 2.05) is 85.1 Å². The number of nitrogens with zero attached hydrogens (tertiary/aromatic N) is 4. The van der Waals surface area contributed by atoms with Gasteiger partial charge in [-0.25, -0.2) is 0 Å². The monoisotopic (exact) mass is 494 g/mol. The molecule has 0 aliphatic carbocycles. The van der Waals surface area contributed by atoms with Crippen molar-refractivity contribution >= 4 is 23.4 Å². The summed E-state index contributed by atoms with van der Waals surface area (Å²) in [5.41, 5.74) is 3.56. The minimum atomic E-state index is -0.537. The van der Waals surface area contributed by atoms with Crippen LogP contribution in [-0.2, 0) is 6.61 Å². The van der Waals surface area contributed by atoms with E-state index < -0.39 is 5.25 Å². The molecule has 174 valence electrons. The van der Waals surface area contributed by atoms with E-state index in [2.05, 4.69) is 10.2 Å². The average Bonchev–Trinajstić information content (AvgIpc) is 3.18. The lowest BCUT2D eigenvalue weighted by atomic mass is 10.1. The van der Waals surface area contributed by atoms with E-state index >= 15 is 0 Å². The highest BCUT2D eigenvalue weighted by Crippen LogP contribution is 2.40. The molecule has 9 heteroatoms. The van der Waals surface area contributed by atoms with Crippen LogP contribution in [0.3, 0.4) is 0 Å². The third-order valence-corrected chi connectivity index (χ3v) is 6.76. The SMILES string of the molecule is Cc1cccc(-n2c(C)nnc2S[C@H](C[N+](=O)[O-])c2ccccc2OCc2ccccc2Cl)c1. The van der Waals surface area contributed by atoms with Gasteiger partial charge in [-0.2, -0.15) is 0 Å². The molecular formula is C25H23ClN4O3S. The van der Waals surface area contributed by atoms with Gasteiger partial charge in [-0.15, -0.1) is 10.2 Å². The average molecular weight is 495 g/mol.